The van der Waals surface area contributed by atoms with Crippen LogP contribution in [-0.4, -0.2) is 32.3 Å². The Bertz CT molecular complexity index is 831. The lowest BCUT2D eigenvalue weighted by Crippen LogP contribution is -2.15. The Labute approximate surface area is 135 Å². The van der Waals surface area contributed by atoms with Crippen LogP contribution in [0.1, 0.15) is 10.5 Å². The number of hydrogen-bond donors (Lipinski definition) is 1. The third kappa shape index (κ3) is 2.88. The van der Waals surface area contributed by atoms with E-state index in [1.807, 2.05) is 24.3 Å². The van der Waals surface area contributed by atoms with Gasteiger partial charge in [-0.25, -0.2) is 0 Å². The van der Waals surface area contributed by atoms with Crippen LogP contribution in [0.2, 0.25) is 5.02 Å². The van der Waals surface area contributed by atoms with Gasteiger partial charge in [0.15, 0.2) is 5.75 Å². The normalized spacial score (nSPS) is 12.5. The standard InChI is InChI=1S/C16H13ClN2O2S/c1-22(21)9-14(20)16-15(13-4-2-3-7-18-13)11-8-10(17)5-6-12(11)19-16/h2-8,19H,9H2,1H3. The molecule has 1 unspecified atom stereocenters. The van der Waals surface area contributed by atoms with Gasteiger partial charge in [0.05, 0.1) is 17.6 Å². The molecule has 0 fully saturated rings. The molecule has 0 saturated carbocycles. The molecule has 1 aromatic carbocycles. The number of benzene rings is 1. The second-order valence-corrected chi connectivity index (χ2v) is 6.79. The second-order valence-electron chi connectivity index (χ2n) is 4.92. The highest BCUT2D eigenvalue weighted by Crippen LogP contribution is 2.33. The number of ketones is 1. The van der Waals surface area contributed by atoms with Gasteiger partial charge in [-0.05, 0) is 41.5 Å². The molecule has 0 amide bonds. The van der Waals surface area contributed by atoms with Crippen molar-refractivity contribution in [2.75, 3.05) is 12.0 Å². The Morgan fingerprint density at radius 3 is 2.86 bits per heavy atom. The molecule has 0 saturated heterocycles. The van der Waals surface area contributed by atoms with Crippen LogP contribution in [0.5, 0.6) is 0 Å². The quantitative estimate of drug-likeness (QED) is 0.587. The molecule has 3 aromatic rings. The van der Waals surface area contributed by atoms with Crippen LogP contribution < -0.4 is 0 Å². The van der Waals surface area contributed by atoms with E-state index in [4.69, 9.17) is 11.6 Å². The number of pyridine rings is 1. The van der Waals surface area contributed by atoms with Gasteiger partial charge in [0.1, 0.15) is 0 Å². The molecule has 0 aliphatic heterocycles. The predicted octanol–water partition coefficient (Wildman–Crippen LogP) is 3.44. The van der Waals surface area contributed by atoms with Crippen molar-refractivity contribution < 1.29 is 9.35 Å². The van der Waals surface area contributed by atoms with Gasteiger partial charge in [0.2, 0.25) is 5.78 Å². The number of aromatic amines is 1. The zero-order chi connectivity index (χ0) is 15.7. The monoisotopic (exact) mass is 332 g/mol. The first-order chi connectivity index (χ1) is 10.6. The van der Waals surface area contributed by atoms with E-state index in [1.165, 1.54) is 6.26 Å². The van der Waals surface area contributed by atoms with Crippen molar-refractivity contribution in [1.29, 1.82) is 0 Å². The van der Waals surface area contributed by atoms with Crippen LogP contribution in [0.25, 0.3) is 22.2 Å². The highest BCUT2D eigenvalue weighted by atomic mass is 35.5. The van der Waals surface area contributed by atoms with E-state index in [9.17, 15) is 9.35 Å². The summed E-state index contributed by atoms with van der Waals surface area (Å²) in [6.07, 6.45) is 3.18. The van der Waals surface area contributed by atoms with E-state index in [-0.39, 0.29) is 11.5 Å². The molecule has 0 aliphatic rings. The number of hydrogen-bond acceptors (Lipinski definition) is 3. The molecular weight excluding hydrogens is 320 g/mol. The summed E-state index contributed by atoms with van der Waals surface area (Å²) in [6.45, 7) is 0. The number of aromatic nitrogens is 2. The largest absolute Gasteiger partial charge is 0.616 e. The summed E-state index contributed by atoms with van der Waals surface area (Å²) in [5, 5.41) is 1.41. The maximum atomic E-state index is 12.4. The third-order valence-electron chi connectivity index (χ3n) is 3.29. The second kappa shape index (κ2) is 6.12. The van der Waals surface area contributed by atoms with Crippen LogP contribution >= 0.6 is 11.6 Å². The number of nitrogens with zero attached hydrogens (tertiary/aromatic N) is 1. The highest BCUT2D eigenvalue weighted by Gasteiger charge is 2.22. The maximum absolute atomic E-state index is 12.4. The Balaban J connectivity index is 2.25. The Hall–Kier alpha value is -1.82. The van der Waals surface area contributed by atoms with Crippen LogP contribution in [0.3, 0.4) is 0 Å². The summed E-state index contributed by atoms with van der Waals surface area (Å²) in [5.74, 6) is -0.228. The lowest BCUT2D eigenvalue weighted by atomic mass is 10.1. The minimum Gasteiger partial charge on any atom is -0.616 e. The first-order valence-electron chi connectivity index (χ1n) is 6.62. The van der Waals surface area contributed by atoms with Crippen molar-refractivity contribution in [2.24, 2.45) is 0 Å². The lowest BCUT2D eigenvalue weighted by Gasteiger charge is -2.05. The van der Waals surface area contributed by atoms with E-state index in [2.05, 4.69) is 9.97 Å². The highest BCUT2D eigenvalue weighted by molar-refractivity contribution is 7.91. The van der Waals surface area contributed by atoms with Crippen molar-refractivity contribution in [3.63, 3.8) is 0 Å². The van der Waals surface area contributed by atoms with E-state index in [0.29, 0.717) is 22.0 Å². The number of carbonyl (C=O) groups is 1. The number of rotatable bonds is 4. The molecule has 6 heteroatoms. The van der Waals surface area contributed by atoms with Gasteiger partial charge in [0.25, 0.3) is 0 Å². The van der Waals surface area contributed by atoms with Gasteiger partial charge in [-0.2, -0.15) is 0 Å². The SMILES string of the molecule is C[S+]([O-])CC(=O)c1[nH]c2ccc(Cl)cc2c1-c1ccccn1. The minimum absolute atomic E-state index is 0.0274. The van der Waals surface area contributed by atoms with Crippen LogP contribution in [-0.2, 0) is 11.2 Å². The van der Waals surface area contributed by atoms with Gasteiger partial charge in [0, 0.05) is 27.7 Å². The van der Waals surface area contributed by atoms with Crippen molar-refractivity contribution in [2.45, 2.75) is 0 Å². The summed E-state index contributed by atoms with van der Waals surface area (Å²) >= 11 is 4.88. The molecule has 4 nitrogen and oxygen atoms in total. The third-order valence-corrected chi connectivity index (χ3v) is 4.20. The fourth-order valence-electron chi connectivity index (χ4n) is 2.41. The van der Waals surface area contributed by atoms with Gasteiger partial charge in [-0.1, -0.05) is 17.7 Å². The molecule has 2 aromatic heterocycles. The van der Waals surface area contributed by atoms with Gasteiger partial charge < -0.3 is 9.54 Å². The number of fused-ring (bicyclic) bond motifs is 1. The molecule has 112 valence electrons. The van der Waals surface area contributed by atoms with Crippen LogP contribution in [0.15, 0.2) is 42.6 Å². The molecule has 2 heterocycles. The number of carbonyl (C=O) groups excluding carboxylic acids is 1. The van der Waals surface area contributed by atoms with Crippen molar-refractivity contribution in [3.05, 3.63) is 53.3 Å². The first-order valence-corrected chi connectivity index (χ1v) is 8.72. The topological polar surface area (TPSA) is 68.8 Å². The molecule has 1 atom stereocenters. The Morgan fingerprint density at radius 2 is 2.18 bits per heavy atom. The lowest BCUT2D eigenvalue weighted by molar-refractivity contribution is 0.101. The van der Waals surface area contributed by atoms with E-state index in [1.54, 1.807) is 18.3 Å². The minimum atomic E-state index is -1.20. The molecule has 0 aliphatic carbocycles. The van der Waals surface area contributed by atoms with Gasteiger partial charge >= 0.3 is 0 Å². The predicted molar refractivity (Wildman–Crippen MR) is 89.8 cm³/mol. The van der Waals surface area contributed by atoms with E-state index >= 15 is 0 Å². The number of nitrogens with one attached hydrogen (secondary N) is 1. The summed E-state index contributed by atoms with van der Waals surface area (Å²) in [5.41, 5.74) is 2.61. The smallest absolute Gasteiger partial charge is 0.228 e. The average Bonchev–Trinajstić information content (AvgIpc) is 2.86. The van der Waals surface area contributed by atoms with Crippen LogP contribution in [0, 0.1) is 0 Å². The Morgan fingerprint density at radius 1 is 1.36 bits per heavy atom. The summed E-state index contributed by atoms with van der Waals surface area (Å²) < 4.78 is 11.4. The first kappa shape index (κ1) is 15.1. The van der Waals surface area contributed by atoms with Crippen LogP contribution in [0.4, 0.5) is 0 Å². The number of Topliss-reactive ketones (excluding diaryl/α,β-unsaturated/α-hetero) is 1. The van der Waals surface area contributed by atoms with Gasteiger partial charge in [-0.15, -0.1) is 0 Å². The molecular formula is C16H13ClN2O2S. The fraction of sp³-hybridized carbons (Fsp3) is 0.125. The number of halogens is 1. The summed E-state index contributed by atoms with van der Waals surface area (Å²) in [4.78, 5) is 19.9. The molecule has 0 radical (unpaired) electrons. The average molecular weight is 333 g/mol. The molecule has 0 bridgehead atoms. The van der Waals surface area contributed by atoms with E-state index in [0.717, 1.165) is 10.9 Å². The zero-order valence-electron chi connectivity index (χ0n) is 11.8. The Kier molecular flexibility index (Phi) is 4.20. The molecule has 22 heavy (non-hydrogen) atoms. The van der Waals surface area contributed by atoms with E-state index < -0.39 is 11.2 Å². The van der Waals surface area contributed by atoms with Gasteiger partial charge in [-0.3, -0.25) is 9.78 Å². The summed E-state index contributed by atoms with van der Waals surface area (Å²) in [7, 11) is 0. The van der Waals surface area contributed by atoms with Crippen molar-refractivity contribution >= 4 is 39.5 Å². The molecule has 1 N–H and O–H groups in total. The fourth-order valence-corrected chi connectivity index (χ4v) is 3.09. The zero-order valence-corrected chi connectivity index (χ0v) is 13.4. The number of H-pyrrole nitrogens is 1. The molecule has 0 spiro atoms. The molecule has 3 rings (SSSR count). The van der Waals surface area contributed by atoms with Crippen molar-refractivity contribution in [3.8, 4) is 11.3 Å². The maximum Gasteiger partial charge on any atom is 0.228 e. The summed E-state index contributed by atoms with van der Waals surface area (Å²) in [6, 6.07) is 10.9. The van der Waals surface area contributed by atoms with Crippen molar-refractivity contribution in [1.82, 2.24) is 9.97 Å².